The third-order valence-electron chi connectivity index (χ3n) is 3.41. The number of carbonyl (C=O) groups is 1. The second kappa shape index (κ2) is 6.70. The number of aromatic nitrogens is 2. The lowest BCUT2D eigenvalue weighted by molar-refractivity contribution is 0.0739. The summed E-state index contributed by atoms with van der Waals surface area (Å²) < 4.78 is 24.6. The van der Waals surface area contributed by atoms with Crippen molar-refractivity contribution in [3.05, 3.63) is 11.8 Å². The van der Waals surface area contributed by atoms with Crippen LogP contribution in [0.4, 0.5) is 11.8 Å². The number of aliphatic hydroxyl groups is 1. The number of hydrogen-bond acceptors (Lipinski definition) is 6. The first-order chi connectivity index (χ1) is 11.9. The fourth-order valence-electron chi connectivity index (χ4n) is 2.18. The molecule has 2 rings (SSSR count). The predicted octanol–water partition coefficient (Wildman–Crippen LogP) is 1.75. The molecule has 1 aliphatic rings. The van der Waals surface area contributed by atoms with E-state index in [1.165, 1.54) is 6.20 Å². The number of hydrogen-bond donors (Lipinski definition) is 4. The molecule has 0 bridgehead atoms. The Kier molecular flexibility index (Phi) is 3.94. The maximum Gasteiger partial charge on any atom is 0.254 e. The minimum atomic E-state index is -1.05. The van der Waals surface area contributed by atoms with Crippen LogP contribution in [0, 0.1) is 5.92 Å². The fourth-order valence-corrected chi connectivity index (χ4v) is 2.18. The van der Waals surface area contributed by atoms with E-state index in [1.807, 2.05) is 20.8 Å². The third-order valence-corrected chi connectivity index (χ3v) is 3.41. The van der Waals surface area contributed by atoms with Gasteiger partial charge in [-0.3, -0.25) is 4.79 Å². The van der Waals surface area contributed by atoms with E-state index in [-0.39, 0.29) is 22.9 Å². The van der Waals surface area contributed by atoms with Gasteiger partial charge in [0.05, 0.1) is 11.7 Å². The van der Waals surface area contributed by atoms with Gasteiger partial charge in [-0.15, -0.1) is 0 Å². The van der Waals surface area contributed by atoms with Crippen LogP contribution in [0.5, 0.6) is 0 Å². The Morgan fingerprint density at radius 3 is 2.78 bits per heavy atom. The van der Waals surface area contributed by atoms with Crippen LogP contribution in [0.3, 0.4) is 0 Å². The number of carbonyl (C=O) groups excluding carboxylic acids is 1. The molecule has 0 radical (unpaired) electrons. The Balaban J connectivity index is 2.36. The van der Waals surface area contributed by atoms with Crippen molar-refractivity contribution in [2.24, 2.45) is 11.7 Å². The highest BCUT2D eigenvalue weighted by Gasteiger charge is 2.27. The molecule has 6 atom stereocenters. The summed E-state index contributed by atoms with van der Waals surface area (Å²) >= 11 is 0. The van der Waals surface area contributed by atoms with Crippen LogP contribution in [-0.4, -0.2) is 38.7 Å². The topological polar surface area (TPSA) is 113 Å². The fraction of sp³-hybridized carbons (Fsp3) is 0.688. The highest BCUT2D eigenvalue weighted by molar-refractivity contribution is 5.97. The minimum Gasteiger partial charge on any atom is -0.393 e. The molecular weight excluding hydrogens is 294 g/mol. The van der Waals surface area contributed by atoms with Crippen LogP contribution in [0.1, 0.15) is 61.4 Å². The van der Waals surface area contributed by atoms with E-state index in [4.69, 9.17) is 9.85 Å². The Morgan fingerprint density at radius 2 is 2.17 bits per heavy atom. The van der Waals surface area contributed by atoms with Crippen LogP contribution in [0.25, 0.3) is 0 Å². The summed E-state index contributed by atoms with van der Waals surface area (Å²) in [7, 11) is 0. The van der Waals surface area contributed by atoms with Gasteiger partial charge in [0.15, 0.2) is 0 Å². The molecule has 0 aromatic carbocycles. The first-order valence-electron chi connectivity index (χ1n) is 9.32. The molecule has 1 heterocycles. The van der Waals surface area contributed by atoms with Crippen LogP contribution >= 0.6 is 0 Å². The Morgan fingerprint density at radius 1 is 1.48 bits per heavy atom. The van der Waals surface area contributed by atoms with E-state index in [0.29, 0.717) is 0 Å². The van der Waals surface area contributed by atoms with Gasteiger partial charge in [-0.2, -0.15) is 4.98 Å². The zero-order valence-electron chi connectivity index (χ0n) is 16.9. The first kappa shape index (κ1) is 13.5. The lowest BCUT2D eigenvalue weighted by Crippen LogP contribution is -2.36. The first-order valence-corrected chi connectivity index (χ1v) is 7.58. The molecule has 0 spiro atoms. The zero-order valence-corrected chi connectivity index (χ0v) is 13.9. The number of aliphatic hydroxyl groups excluding tert-OH is 1. The van der Waals surface area contributed by atoms with Crippen molar-refractivity contribution >= 4 is 17.7 Å². The number of nitrogens with one attached hydrogen (secondary N) is 2. The van der Waals surface area contributed by atoms with Gasteiger partial charge in [0.25, 0.3) is 5.91 Å². The van der Waals surface area contributed by atoms with Gasteiger partial charge in [0.2, 0.25) is 5.95 Å². The van der Waals surface area contributed by atoms with Gasteiger partial charge in [0, 0.05) is 21.9 Å². The van der Waals surface area contributed by atoms with Gasteiger partial charge in [0.1, 0.15) is 5.82 Å². The molecule has 0 saturated heterocycles. The monoisotopic (exact) mass is 324 g/mol. The molecule has 5 N–H and O–H groups in total. The largest absolute Gasteiger partial charge is 0.393 e. The Bertz CT molecular complexity index is 654. The van der Waals surface area contributed by atoms with Crippen molar-refractivity contribution in [3.8, 4) is 0 Å². The van der Waals surface area contributed by atoms with E-state index < -0.39 is 43.2 Å². The molecule has 7 nitrogen and oxygen atoms in total. The molecule has 128 valence electrons. The van der Waals surface area contributed by atoms with E-state index in [1.54, 1.807) is 6.92 Å². The normalized spacial score (nSPS) is 36.5. The number of primary amides is 1. The summed E-state index contributed by atoms with van der Waals surface area (Å²) in [5.74, 6) is -0.880. The van der Waals surface area contributed by atoms with Crippen molar-refractivity contribution in [1.82, 2.24) is 9.97 Å². The molecule has 1 aliphatic carbocycles. The summed E-state index contributed by atoms with van der Waals surface area (Å²) in [6.07, 6.45) is -2.64. The number of nitrogens with two attached hydrogens (primary N) is 1. The molecule has 1 aromatic heterocycles. The summed E-state index contributed by atoms with van der Waals surface area (Å²) in [5.41, 5.74) is 5.09. The minimum absolute atomic E-state index is 0.0264. The summed E-state index contributed by atoms with van der Waals surface area (Å²) in [4.78, 5) is 20.0. The maximum atomic E-state index is 11.7. The van der Waals surface area contributed by atoms with Crippen molar-refractivity contribution in [2.75, 3.05) is 10.6 Å². The molecule has 1 amide bonds. The molecule has 1 fully saturated rings. The SMILES string of the molecule is [2H]C1C([2H])C(Nc2nc(NC(C)(C)C)ncc2C(N)=O)C([2H])C(O)C1C. The Labute approximate surface area is 141 Å². The molecule has 1 saturated carbocycles. The molecule has 23 heavy (non-hydrogen) atoms. The van der Waals surface area contributed by atoms with Crippen molar-refractivity contribution in [3.63, 3.8) is 0 Å². The van der Waals surface area contributed by atoms with Gasteiger partial charge < -0.3 is 21.5 Å². The van der Waals surface area contributed by atoms with Gasteiger partial charge in [-0.1, -0.05) is 6.92 Å². The van der Waals surface area contributed by atoms with Gasteiger partial charge >= 0.3 is 0 Å². The number of amides is 1. The van der Waals surface area contributed by atoms with Crippen molar-refractivity contribution in [2.45, 2.75) is 64.6 Å². The van der Waals surface area contributed by atoms with Crippen LogP contribution in [0.2, 0.25) is 0 Å². The second-order valence-electron chi connectivity index (χ2n) is 6.79. The lowest BCUT2D eigenvalue weighted by atomic mass is 9.85. The van der Waals surface area contributed by atoms with Crippen LogP contribution in [-0.2, 0) is 0 Å². The van der Waals surface area contributed by atoms with E-state index in [9.17, 15) is 9.90 Å². The second-order valence-corrected chi connectivity index (χ2v) is 6.79. The van der Waals surface area contributed by atoms with E-state index in [2.05, 4.69) is 20.6 Å². The standard InChI is InChI=1S/C16H27N5O2/c1-9-5-6-10(7-12(9)22)19-14-11(13(17)23)8-18-15(20-14)21-16(2,3)4/h8-10,12,22H,5-7H2,1-4H3,(H2,17,23)(H2,18,19,20,21)/i5D,6D,7D. The molecule has 1 aromatic rings. The predicted molar refractivity (Wildman–Crippen MR) is 90.4 cm³/mol. The summed E-state index contributed by atoms with van der Waals surface area (Å²) in [6, 6.07) is -0.876. The number of anilines is 2. The lowest BCUT2D eigenvalue weighted by Gasteiger charge is -2.32. The zero-order chi connectivity index (χ0) is 19.8. The van der Waals surface area contributed by atoms with E-state index in [0.717, 1.165) is 0 Å². The molecule has 6 unspecified atom stereocenters. The van der Waals surface area contributed by atoms with E-state index >= 15 is 0 Å². The van der Waals surface area contributed by atoms with Crippen LogP contribution < -0.4 is 16.4 Å². The molecular formula is C16H27N5O2. The quantitative estimate of drug-likeness (QED) is 0.671. The van der Waals surface area contributed by atoms with Gasteiger partial charge in [-0.05, 0) is 45.9 Å². The highest BCUT2D eigenvalue weighted by Crippen LogP contribution is 2.27. The average Bonchev–Trinajstić information content (AvgIpc) is 2.53. The molecule has 0 aliphatic heterocycles. The summed E-state index contributed by atoms with van der Waals surface area (Å²) in [6.45, 7) is 7.44. The molecule has 7 heteroatoms. The highest BCUT2D eigenvalue weighted by atomic mass is 16.3. The number of nitrogens with zero attached hydrogens (tertiary/aromatic N) is 2. The third kappa shape index (κ3) is 4.79. The maximum absolute atomic E-state index is 11.7. The van der Waals surface area contributed by atoms with Gasteiger partial charge in [-0.25, -0.2) is 4.98 Å². The van der Waals surface area contributed by atoms with Crippen molar-refractivity contribution < 1.29 is 14.0 Å². The van der Waals surface area contributed by atoms with Crippen LogP contribution in [0.15, 0.2) is 6.20 Å². The van der Waals surface area contributed by atoms with Crippen molar-refractivity contribution in [1.29, 1.82) is 0 Å². The Hall–Kier alpha value is -1.89. The summed E-state index contributed by atoms with van der Waals surface area (Å²) in [5, 5.41) is 16.2. The number of rotatable bonds is 4. The average molecular weight is 324 g/mol. The smallest absolute Gasteiger partial charge is 0.254 e.